The molecule has 0 fully saturated rings. The topological polar surface area (TPSA) is 20.2 Å². The van der Waals surface area contributed by atoms with Gasteiger partial charge in [0, 0.05) is 20.1 Å². The highest BCUT2D eigenvalue weighted by molar-refractivity contribution is 9.10. The second-order valence-electron chi connectivity index (χ2n) is 3.79. The normalized spacial score (nSPS) is 10.6. The zero-order valence-corrected chi connectivity index (χ0v) is 12.7. The van der Waals surface area contributed by atoms with E-state index in [2.05, 4.69) is 15.9 Å². The molecule has 0 aliphatic carbocycles. The Bertz CT molecular complexity index is 545. The average Bonchev–Trinajstić information content (AvgIpc) is 2.38. The molecule has 2 aromatic carbocycles. The van der Waals surface area contributed by atoms with Crippen LogP contribution in [0.3, 0.4) is 0 Å². The Morgan fingerprint density at radius 1 is 1.11 bits per heavy atom. The molecule has 94 valence electrons. The molecule has 2 rings (SSSR count). The summed E-state index contributed by atoms with van der Waals surface area (Å²) in [4.78, 5) is 1.08. The van der Waals surface area contributed by atoms with Gasteiger partial charge in [0.05, 0.1) is 6.61 Å². The monoisotopic (exact) mass is 342 g/mol. The molecule has 0 aliphatic heterocycles. The number of halogens is 2. The van der Waals surface area contributed by atoms with Crippen molar-refractivity contribution in [2.24, 2.45) is 0 Å². The minimum Gasteiger partial charge on any atom is -0.392 e. The largest absolute Gasteiger partial charge is 0.392 e. The highest BCUT2D eigenvalue weighted by Crippen LogP contribution is 2.31. The molecule has 1 N–H and O–H groups in total. The quantitative estimate of drug-likeness (QED) is 0.798. The van der Waals surface area contributed by atoms with Crippen LogP contribution in [-0.2, 0) is 12.4 Å². The van der Waals surface area contributed by atoms with Crippen LogP contribution in [0.2, 0.25) is 5.02 Å². The second-order valence-corrected chi connectivity index (χ2v) is 6.13. The molecule has 2 aromatic rings. The van der Waals surface area contributed by atoms with Gasteiger partial charge in [0.15, 0.2) is 0 Å². The van der Waals surface area contributed by atoms with Gasteiger partial charge < -0.3 is 5.11 Å². The van der Waals surface area contributed by atoms with Gasteiger partial charge in [0.2, 0.25) is 0 Å². The lowest BCUT2D eigenvalue weighted by molar-refractivity contribution is 0.279. The van der Waals surface area contributed by atoms with E-state index in [-0.39, 0.29) is 6.61 Å². The molecular formula is C14H12BrClOS. The number of rotatable bonds is 4. The Kier molecular flexibility index (Phi) is 5.13. The fourth-order valence-electron chi connectivity index (χ4n) is 1.56. The number of hydrogen-bond acceptors (Lipinski definition) is 2. The van der Waals surface area contributed by atoms with E-state index in [4.69, 9.17) is 11.6 Å². The molecule has 0 aromatic heterocycles. The molecule has 0 heterocycles. The first-order valence-electron chi connectivity index (χ1n) is 5.46. The van der Waals surface area contributed by atoms with E-state index in [9.17, 15) is 5.11 Å². The van der Waals surface area contributed by atoms with Crippen LogP contribution in [-0.4, -0.2) is 5.11 Å². The van der Waals surface area contributed by atoms with Crippen molar-refractivity contribution in [3.8, 4) is 0 Å². The third-order valence-electron chi connectivity index (χ3n) is 2.54. The second kappa shape index (κ2) is 6.62. The van der Waals surface area contributed by atoms with Crippen LogP contribution in [0, 0.1) is 0 Å². The van der Waals surface area contributed by atoms with Gasteiger partial charge in [-0.3, -0.25) is 0 Å². The summed E-state index contributed by atoms with van der Waals surface area (Å²) >= 11 is 11.2. The summed E-state index contributed by atoms with van der Waals surface area (Å²) in [5, 5.41) is 10.1. The first-order valence-corrected chi connectivity index (χ1v) is 7.62. The Hall–Kier alpha value is -0.480. The van der Waals surface area contributed by atoms with Crippen LogP contribution in [0.25, 0.3) is 0 Å². The van der Waals surface area contributed by atoms with Crippen molar-refractivity contribution >= 4 is 39.3 Å². The summed E-state index contributed by atoms with van der Waals surface area (Å²) in [6.07, 6.45) is 0. The van der Waals surface area contributed by atoms with Crippen LogP contribution < -0.4 is 0 Å². The lowest BCUT2D eigenvalue weighted by Gasteiger charge is -2.08. The Morgan fingerprint density at radius 3 is 2.61 bits per heavy atom. The fourth-order valence-corrected chi connectivity index (χ4v) is 3.45. The molecular weight excluding hydrogens is 332 g/mol. The van der Waals surface area contributed by atoms with Gasteiger partial charge in [-0.2, -0.15) is 0 Å². The van der Waals surface area contributed by atoms with E-state index in [1.165, 1.54) is 0 Å². The van der Waals surface area contributed by atoms with Gasteiger partial charge in [0.1, 0.15) is 0 Å². The minimum absolute atomic E-state index is 0.0537. The van der Waals surface area contributed by atoms with Crippen molar-refractivity contribution in [1.82, 2.24) is 0 Å². The summed E-state index contributed by atoms with van der Waals surface area (Å²) in [5.41, 5.74) is 2.04. The van der Waals surface area contributed by atoms with E-state index < -0.39 is 0 Å². The molecule has 4 heteroatoms. The van der Waals surface area contributed by atoms with Gasteiger partial charge in [0.25, 0.3) is 0 Å². The summed E-state index contributed by atoms with van der Waals surface area (Å²) in [5.74, 6) is 0.795. The molecule has 0 unspecified atom stereocenters. The third-order valence-corrected chi connectivity index (χ3v) is 4.55. The lowest BCUT2D eigenvalue weighted by Crippen LogP contribution is -1.89. The number of aliphatic hydroxyl groups excluding tert-OH is 1. The van der Waals surface area contributed by atoms with Gasteiger partial charge in [-0.1, -0.05) is 51.8 Å². The Labute approximate surface area is 124 Å². The molecule has 0 radical (unpaired) electrons. The molecule has 0 amide bonds. The molecule has 1 nitrogen and oxygen atoms in total. The molecule has 0 bridgehead atoms. The van der Waals surface area contributed by atoms with Crippen LogP contribution in [0.5, 0.6) is 0 Å². The summed E-state index contributed by atoms with van der Waals surface area (Å²) < 4.78 is 1.02. The number of thioether (sulfide) groups is 1. The van der Waals surface area contributed by atoms with Crippen LogP contribution >= 0.6 is 39.3 Å². The van der Waals surface area contributed by atoms with Crippen molar-refractivity contribution in [2.45, 2.75) is 17.3 Å². The molecule has 0 spiro atoms. The van der Waals surface area contributed by atoms with E-state index >= 15 is 0 Å². The van der Waals surface area contributed by atoms with Crippen molar-refractivity contribution in [2.75, 3.05) is 0 Å². The maximum atomic E-state index is 9.31. The molecule has 0 saturated heterocycles. The van der Waals surface area contributed by atoms with Gasteiger partial charge in [-0.15, -0.1) is 11.8 Å². The number of hydrogen-bond donors (Lipinski definition) is 1. The zero-order valence-electron chi connectivity index (χ0n) is 9.57. The van der Waals surface area contributed by atoms with Crippen molar-refractivity contribution in [1.29, 1.82) is 0 Å². The fraction of sp³-hybridized carbons (Fsp3) is 0.143. The summed E-state index contributed by atoms with van der Waals surface area (Å²) in [7, 11) is 0. The maximum absolute atomic E-state index is 9.31. The smallest absolute Gasteiger partial charge is 0.0692 e. The Balaban J connectivity index is 2.15. The molecule has 0 atom stereocenters. The highest BCUT2D eigenvalue weighted by Gasteiger charge is 2.05. The van der Waals surface area contributed by atoms with Crippen molar-refractivity contribution in [3.63, 3.8) is 0 Å². The van der Waals surface area contributed by atoms with Gasteiger partial charge >= 0.3 is 0 Å². The van der Waals surface area contributed by atoms with Crippen LogP contribution in [0.1, 0.15) is 11.1 Å². The first kappa shape index (κ1) is 13.9. The van der Waals surface area contributed by atoms with Crippen LogP contribution in [0.15, 0.2) is 51.8 Å². The predicted molar refractivity (Wildman–Crippen MR) is 81.1 cm³/mol. The number of benzene rings is 2. The SMILES string of the molecule is OCc1ccc(Br)cc1SCc1ccccc1Cl. The maximum Gasteiger partial charge on any atom is 0.0692 e. The van der Waals surface area contributed by atoms with E-state index in [1.807, 2.05) is 42.5 Å². The lowest BCUT2D eigenvalue weighted by atomic mass is 10.2. The Morgan fingerprint density at radius 2 is 1.89 bits per heavy atom. The van der Waals surface area contributed by atoms with E-state index in [0.717, 1.165) is 31.3 Å². The van der Waals surface area contributed by atoms with E-state index in [0.29, 0.717) is 0 Å². The molecule has 0 saturated carbocycles. The molecule has 0 aliphatic rings. The van der Waals surface area contributed by atoms with E-state index in [1.54, 1.807) is 11.8 Å². The average molecular weight is 344 g/mol. The predicted octanol–water partition coefficient (Wildman–Crippen LogP) is 4.89. The number of aliphatic hydroxyl groups is 1. The summed E-state index contributed by atoms with van der Waals surface area (Å²) in [6, 6.07) is 13.7. The third kappa shape index (κ3) is 3.51. The van der Waals surface area contributed by atoms with Crippen molar-refractivity contribution < 1.29 is 5.11 Å². The summed E-state index contributed by atoms with van der Waals surface area (Å²) in [6.45, 7) is 0.0537. The van der Waals surface area contributed by atoms with Crippen molar-refractivity contribution in [3.05, 3.63) is 63.1 Å². The van der Waals surface area contributed by atoms with Gasteiger partial charge in [-0.05, 0) is 29.3 Å². The zero-order chi connectivity index (χ0) is 13.0. The highest BCUT2D eigenvalue weighted by atomic mass is 79.9. The first-order chi connectivity index (χ1) is 8.70. The minimum atomic E-state index is 0.0537. The van der Waals surface area contributed by atoms with Gasteiger partial charge in [-0.25, -0.2) is 0 Å². The standard InChI is InChI=1S/C14H12BrClOS/c15-12-6-5-10(8-17)14(7-12)18-9-11-3-1-2-4-13(11)16/h1-7,17H,8-9H2. The molecule has 18 heavy (non-hydrogen) atoms. The van der Waals surface area contributed by atoms with Crippen LogP contribution in [0.4, 0.5) is 0 Å².